The molecule has 198 valence electrons. The minimum atomic E-state index is -0.982. The Kier molecular flexibility index (Phi) is 11.2. The smallest absolute Gasteiger partial charge is 0.286 e. The van der Waals surface area contributed by atoms with E-state index in [4.69, 9.17) is 0 Å². The van der Waals surface area contributed by atoms with Crippen LogP contribution in [0, 0.1) is 5.92 Å². The van der Waals surface area contributed by atoms with Crippen LogP contribution in [-0.4, -0.2) is 34.8 Å². The molecule has 37 heavy (non-hydrogen) atoms. The maximum Gasteiger partial charge on any atom is 0.286 e. The predicted octanol–water partition coefficient (Wildman–Crippen LogP) is 4.02. The van der Waals surface area contributed by atoms with Crippen molar-refractivity contribution in [2.75, 3.05) is 6.54 Å². The molecule has 8 heteroatoms. The Bertz CT molecular complexity index is 1090. The molecular formula is C29H35N2O5S-. The van der Waals surface area contributed by atoms with E-state index in [0.717, 1.165) is 72.5 Å². The quantitative estimate of drug-likeness (QED) is 0.341. The fourth-order valence-corrected chi connectivity index (χ4v) is 5.16. The maximum atomic E-state index is 12.1. The van der Waals surface area contributed by atoms with Gasteiger partial charge in [0.1, 0.15) is 0 Å². The van der Waals surface area contributed by atoms with Gasteiger partial charge in [-0.15, -0.1) is 0 Å². The lowest BCUT2D eigenvalue weighted by atomic mass is 9.99. The summed E-state index contributed by atoms with van der Waals surface area (Å²) in [5.41, 5.74) is 4.32. The van der Waals surface area contributed by atoms with Crippen LogP contribution in [0.25, 0.3) is 11.1 Å². The molecule has 7 nitrogen and oxygen atoms in total. The average molecular weight is 524 g/mol. The lowest BCUT2D eigenvalue weighted by Gasteiger charge is -2.11. The molecule has 1 heterocycles. The van der Waals surface area contributed by atoms with Crippen molar-refractivity contribution < 1.29 is 24.3 Å². The van der Waals surface area contributed by atoms with Gasteiger partial charge in [0.05, 0.1) is 5.25 Å². The number of thioether (sulfide) groups is 1. The number of aliphatic carboxylic acids is 1. The zero-order valence-electron chi connectivity index (χ0n) is 21.3. The normalized spacial score (nSPS) is 15.9. The first-order valence-electron chi connectivity index (χ1n) is 13.0. The van der Waals surface area contributed by atoms with Gasteiger partial charge in [-0.1, -0.05) is 92.9 Å². The summed E-state index contributed by atoms with van der Waals surface area (Å²) >= 11 is 1.04. The molecule has 3 rings (SSSR count). The van der Waals surface area contributed by atoms with Crippen molar-refractivity contribution in [3.8, 4) is 11.1 Å². The standard InChI is InChI=1S/C29H36N2O5S/c1-20(28(34)35)8-5-3-2-4-6-11-26(32)30-17-16-21-9-7-10-24(18-21)23-14-12-22(13-15-23)19-25-27(33)31-29(36)37-25/h7,9-10,12-15,18,20,25H,2-6,8,11,16-17,19H2,1H3,(H,30,32)(H,34,35)(H,31,33,36)/p-1. The number of rotatable bonds is 15. The summed E-state index contributed by atoms with van der Waals surface area (Å²) in [6, 6.07) is 16.3. The van der Waals surface area contributed by atoms with Crippen LogP contribution in [0.15, 0.2) is 48.5 Å². The van der Waals surface area contributed by atoms with Gasteiger partial charge in [-0.05, 0) is 53.9 Å². The largest absolute Gasteiger partial charge is 0.550 e. The number of hydrogen-bond acceptors (Lipinski definition) is 6. The predicted molar refractivity (Wildman–Crippen MR) is 144 cm³/mol. The molecule has 0 spiro atoms. The van der Waals surface area contributed by atoms with Crippen LogP contribution in [0.5, 0.6) is 0 Å². The van der Waals surface area contributed by atoms with Crippen molar-refractivity contribution >= 4 is 34.8 Å². The first-order valence-corrected chi connectivity index (χ1v) is 13.9. The van der Waals surface area contributed by atoms with Gasteiger partial charge in [0.15, 0.2) is 0 Å². The number of amides is 3. The number of hydrogen-bond donors (Lipinski definition) is 2. The Morgan fingerprint density at radius 1 is 0.973 bits per heavy atom. The highest BCUT2D eigenvalue weighted by Crippen LogP contribution is 2.25. The van der Waals surface area contributed by atoms with E-state index in [2.05, 4.69) is 28.8 Å². The van der Waals surface area contributed by atoms with Crippen molar-refractivity contribution in [2.45, 2.75) is 70.0 Å². The zero-order valence-corrected chi connectivity index (χ0v) is 22.1. The van der Waals surface area contributed by atoms with Crippen LogP contribution in [-0.2, 0) is 27.2 Å². The minimum absolute atomic E-state index is 0.0631. The lowest BCUT2D eigenvalue weighted by molar-refractivity contribution is -0.311. The number of carboxylic acids is 1. The number of benzene rings is 2. The Hall–Kier alpha value is -3.13. The van der Waals surface area contributed by atoms with Gasteiger partial charge < -0.3 is 15.2 Å². The van der Waals surface area contributed by atoms with Crippen LogP contribution >= 0.6 is 11.8 Å². The minimum Gasteiger partial charge on any atom is -0.550 e. The van der Waals surface area contributed by atoms with E-state index in [1.807, 2.05) is 30.3 Å². The summed E-state index contributed by atoms with van der Waals surface area (Å²) in [5.74, 6) is -1.54. The Morgan fingerprint density at radius 2 is 1.70 bits per heavy atom. The topological polar surface area (TPSA) is 115 Å². The van der Waals surface area contributed by atoms with Gasteiger partial charge in [-0.2, -0.15) is 0 Å². The van der Waals surface area contributed by atoms with E-state index in [1.165, 1.54) is 0 Å². The number of carbonyl (C=O) groups is 4. The fourth-order valence-electron chi connectivity index (χ4n) is 4.30. The van der Waals surface area contributed by atoms with Crippen molar-refractivity contribution in [2.24, 2.45) is 5.92 Å². The SMILES string of the molecule is CC(CCCCCCCC(=O)NCCc1cccc(-c2ccc(CC3SC(=O)NC3=O)cc2)c1)C(=O)[O-]. The molecule has 0 aromatic heterocycles. The molecule has 1 aliphatic rings. The van der Waals surface area contributed by atoms with E-state index < -0.39 is 11.9 Å². The molecule has 2 aromatic carbocycles. The number of carbonyl (C=O) groups excluding carboxylic acids is 4. The van der Waals surface area contributed by atoms with E-state index in [1.54, 1.807) is 6.92 Å². The number of carboxylic acid groups (broad SMARTS) is 1. The number of nitrogens with one attached hydrogen (secondary N) is 2. The Labute approximate surface area is 222 Å². The number of unbranched alkanes of at least 4 members (excludes halogenated alkanes) is 4. The molecule has 2 aromatic rings. The number of imide groups is 1. The average Bonchev–Trinajstić information content (AvgIpc) is 3.20. The highest BCUT2D eigenvalue weighted by Gasteiger charge is 2.31. The molecule has 3 amide bonds. The molecule has 1 aliphatic heterocycles. The Balaban J connectivity index is 1.34. The summed E-state index contributed by atoms with van der Waals surface area (Å²) in [6.45, 7) is 2.26. The van der Waals surface area contributed by atoms with Crippen molar-refractivity contribution in [3.63, 3.8) is 0 Å². The van der Waals surface area contributed by atoms with Crippen LogP contribution in [0.1, 0.15) is 63.0 Å². The monoisotopic (exact) mass is 523 g/mol. The first kappa shape index (κ1) is 28.4. The van der Waals surface area contributed by atoms with Crippen LogP contribution in [0.2, 0.25) is 0 Å². The second kappa shape index (κ2) is 14.6. The van der Waals surface area contributed by atoms with Gasteiger partial charge in [0.25, 0.3) is 5.24 Å². The maximum absolute atomic E-state index is 12.1. The fraction of sp³-hybridized carbons (Fsp3) is 0.448. The summed E-state index contributed by atoms with van der Waals surface area (Å²) in [4.78, 5) is 46.0. The molecule has 0 aliphatic carbocycles. The summed E-state index contributed by atoms with van der Waals surface area (Å²) in [6.07, 6.45) is 7.11. The molecule has 1 saturated heterocycles. The van der Waals surface area contributed by atoms with Gasteiger partial charge >= 0.3 is 0 Å². The van der Waals surface area contributed by atoms with Gasteiger partial charge in [0.2, 0.25) is 11.8 Å². The lowest BCUT2D eigenvalue weighted by Crippen LogP contribution is -2.29. The molecule has 1 fully saturated rings. The molecule has 0 radical (unpaired) electrons. The van der Waals surface area contributed by atoms with E-state index >= 15 is 0 Å². The highest BCUT2D eigenvalue weighted by atomic mass is 32.2. The molecule has 2 N–H and O–H groups in total. The molecule has 0 bridgehead atoms. The van der Waals surface area contributed by atoms with E-state index in [9.17, 15) is 24.3 Å². The van der Waals surface area contributed by atoms with Crippen LogP contribution < -0.4 is 15.7 Å². The van der Waals surface area contributed by atoms with Crippen LogP contribution in [0.3, 0.4) is 0 Å². The third-order valence-electron chi connectivity index (χ3n) is 6.58. The van der Waals surface area contributed by atoms with Crippen molar-refractivity contribution in [3.05, 3.63) is 59.7 Å². The second-order valence-electron chi connectivity index (χ2n) is 9.61. The van der Waals surface area contributed by atoms with Gasteiger partial charge in [-0.3, -0.25) is 19.7 Å². The molecule has 2 atom stereocenters. The van der Waals surface area contributed by atoms with Crippen molar-refractivity contribution in [1.82, 2.24) is 10.6 Å². The second-order valence-corrected chi connectivity index (χ2v) is 10.8. The summed E-state index contributed by atoms with van der Waals surface area (Å²) in [7, 11) is 0. The summed E-state index contributed by atoms with van der Waals surface area (Å²) < 4.78 is 0. The van der Waals surface area contributed by atoms with Gasteiger partial charge in [-0.25, -0.2) is 0 Å². The third kappa shape index (κ3) is 9.69. The first-order chi connectivity index (χ1) is 17.8. The van der Waals surface area contributed by atoms with E-state index in [-0.39, 0.29) is 22.3 Å². The zero-order chi connectivity index (χ0) is 26.6. The molecule has 0 saturated carbocycles. The van der Waals surface area contributed by atoms with Crippen molar-refractivity contribution in [1.29, 1.82) is 0 Å². The van der Waals surface area contributed by atoms with Crippen LogP contribution in [0.4, 0.5) is 4.79 Å². The summed E-state index contributed by atoms with van der Waals surface area (Å²) in [5, 5.41) is 15.4. The highest BCUT2D eigenvalue weighted by molar-refractivity contribution is 8.15. The Morgan fingerprint density at radius 3 is 2.41 bits per heavy atom. The molecular weight excluding hydrogens is 488 g/mol. The third-order valence-corrected chi connectivity index (χ3v) is 7.56. The molecule has 2 unspecified atom stereocenters. The van der Waals surface area contributed by atoms with Gasteiger partial charge in [0, 0.05) is 18.9 Å². The van der Waals surface area contributed by atoms with E-state index in [0.29, 0.717) is 25.8 Å².